The number of carbonyl (C=O) groups excluding carboxylic acids is 4. The lowest BCUT2D eigenvalue weighted by Crippen LogP contribution is -2.67. The van der Waals surface area contributed by atoms with Crippen molar-refractivity contribution in [3.05, 3.63) is 120 Å². The molecule has 0 radical (unpaired) electrons. The van der Waals surface area contributed by atoms with Crippen molar-refractivity contribution < 1.29 is 73.9 Å². The maximum atomic E-state index is 16.1. The molecule has 1 heterocycles. The van der Waals surface area contributed by atoms with E-state index < -0.39 is 102 Å². The molecule has 0 unspecified atom stereocenters. The van der Waals surface area contributed by atoms with Crippen molar-refractivity contribution in [2.75, 3.05) is 13.2 Å². The summed E-state index contributed by atoms with van der Waals surface area (Å²) >= 11 is 0. The highest BCUT2D eigenvalue weighted by molar-refractivity contribution is 6.32. The Bertz CT molecular complexity index is 3310. The van der Waals surface area contributed by atoms with Gasteiger partial charge >= 0.3 is 5.97 Å². The number of fused-ring (bicyclic) bond motifs is 5. The van der Waals surface area contributed by atoms with Crippen LogP contribution in [0.2, 0.25) is 0 Å². The van der Waals surface area contributed by atoms with E-state index in [1.807, 2.05) is 18.2 Å². The molecule has 4 aromatic rings. The molecule has 10 rings (SSSR count). The van der Waals surface area contributed by atoms with Crippen LogP contribution in [0.4, 0.5) is 0 Å². The summed E-state index contributed by atoms with van der Waals surface area (Å²) < 4.78 is 24.7. The Morgan fingerprint density at radius 3 is 2.43 bits per heavy atom. The van der Waals surface area contributed by atoms with Gasteiger partial charge in [0.2, 0.25) is 12.1 Å². The molecule has 19 nitrogen and oxygen atoms in total. The number of carbonyl (C=O) groups is 4. The van der Waals surface area contributed by atoms with Crippen LogP contribution in [0.3, 0.4) is 0 Å². The van der Waals surface area contributed by atoms with Gasteiger partial charge in [-0.3, -0.25) is 24.2 Å². The highest BCUT2D eigenvalue weighted by Gasteiger charge is 2.57. The van der Waals surface area contributed by atoms with Crippen molar-refractivity contribution in [1.82, 2.24) is 0 Å². The number of nitrogens with two attached hydrogens (primary N) is 3. The first-order valence-electron chi connectivity index (χ1n) is 27.8. The van der Waals surface area contributed by atoms with Crippen LogP contribution in [0.15, 0.2) is 47.5 Å². The number of benzene rings is 4. The molecule has 428 valence electrons. The van der Waals surface area contributed by atoms with Crippen LogP contribution < -0.4 is 26.7 Å². The average Bonchev–Trinajstić information content (AvgIpc) is 3.96. The quantitative estimate of drug-likeness (QED) is 0.0130. The number of rotatable bonds is 11. The number of aldehydes is 1. The Labute approximate surface area is 468 Å². The second-order valence-electron chi connectivity index (χ2n) is 22.8. The van der Waals surface area contributed by atoms with Crippen molar-refractivity contribution >= 4 is 41.9 Å². The number of aromatic hydroxyl groups is 1. The molecule has 13 N–H and O–H groups in total. The molecule has 6 aliphatic rings. The molecule has 5 aliphatic carbocycles. The summed E-state index contributed by atoms with van der Waals surface area (Å²) in [6.07, 6.45) is 3.13. The number of nitrogens with zero attached hydrogens (tertiary/aromatic N) is 1. The average molecular weight is 1110 g/mol. The molecular weight excluding hydrogens is 1040 g/mol. The number of esters is 1. The molecule has 2 saturated carbocycles. The van der Waals surface area contributed by atoms with Gasteiger partial charge in [0, 0.05) is 58.7 Å². The van der Waals surface area contributed by atoms with Crippen LogP contribution in [0.25, 0.3) is 12.2 Å². The molecule has 1 spiro atoms. The highest BCUT2D eigenvalue weighted by Crippen LogP contribution is 2.60. The number of aliphatic imine (C=N–C) groups is 1. The van der Waals surface area contributed by atoms with Gasteiger partial charge in [-0.25, -0.2) is 0 Å². The standard InChI is InChI=1S/C62H70N4O15/c1-32-56(74)62(76,77)57(78-24-23-66-59(64)65)58(79-32)81-55-43-10-6-9-40(63)16-17-41(70)26-35-8-5-7-34(25-35)11-18-42-46(80-33(2)69)28-38(29-67)47-48(42)54(73)49(43)50(53(47)72)52(71)44(55)27-37-13-12-36-14-15-39-19-22-60(20-3-4-21-60)31-61(39,75)51(36)45(37)30-68/h5,7-8,11-13,18,25,28,30,32,39-41,56-58,67,70-71,74-77H,3-4,10,14-17,19-24,26-27,29,31,63H2,1-2H3,(H4,64,65,66)/b18-11+/t32-,39+,40-,41+,56+,57-,58+,61+/m0/s1. The topological polar surface area (TPSA) is 337 Å². The van der Waals surface area contributed by atoms with E-state index in [2.05, 4.69) is 16.8 Å². The molecule has 3 fully saturated rings. The molecule has 81 heavy (non-hydrogen) atoms. The fourth-order valence-electron chi connectivity index (χ4n) is 13.7. The van der Waals surface area contributed by atoms with E-state index in [1.165, 1.54) is 19.1 Å². The maximum Gasteiger partial charge on any atom is 0.308 e. The Hall–Kier alpha value is -6.83. The molecule has 0 aromatic heterocycles. The van der Waals surface area contributed by atoms with Crippen molar-refractivity contribution in [3.63, 3.8) is 0 Å². The summed E-state index contributed by atoms with van der Waals surface area (Å²) in [6.45, 7) is 1.09. The number of aliphatic hydroxyl groups excluding tert-OH is 3. The SMILES string of the molecule is CC(=O)Oc1cc(CO)c2c3c1/C=C/c1cccc(c1)C[C@H](O)CC[C@@H](N)C#CCc1c(O[C@H]4O[C@@H](C)[C@@H](O)C(O)(O)[C@H]4OCCN=C(N)N)c(Cc4ccc5c(c4C=O)[C@@]4(O)CC6(CCCC6)CC[C@H]4CC5)c(O)c(c1C3=O)C2=O. The Morgan fingerprint density at radius 1 is 0.938 bits per heavy atom. The van der Waals surface area contributed by atoms with Crippen LogP contribution in [0.5, 0.6) is 17.2 Å². The molecule has 0 amide bonds. The summed E-state index contributed by atoms with van der Waals surface area (Å²) in [5.74, 6) is -1.45. The van der Waals surface area contributed by atoms with E-state index in [9.17, 15) is 45.3 Å². The van der Waals surface area contributed by atoms with E-state index in [1.54, 1.807) is 24.3 Å². The van der Waals surface area contributed by atoms with Gasteiger partial charge in [-0.15, -0.1) is 0 Å². The Morgan fingerprint density at radius 2 is 1.70 bits per heavy atom. The van der Waals surface area contributed by atoms with Crippen LogP contribution in [-0.2, 0) is 52.2 Å². The van der Waals surface area contributed by atoms with Gasteiger partial charge in [-0.1, -0.05) is 67.2 Å². The summed E-state index contributed by atoms with van der Waals surface area (Å²) in [4.78, 5) is 62.4. The smallest absolute Gasteiger partial charge is 0.308 e. The molecule has 19 heteroatoms. The minimum atomic E-state index is -3.11. The van der Waals surface area contributed by atoms with Crippen LogP contribution >= 0.6 is 0 Å². The first kappa shape index (κ1) is 57.4. The molecule has 8 atom stereocenters. The van der Waals surface area contributed by atoms with Crippen molar-refractivity contribution in [1.29, 1.82) is 0 Å². The van der Waals surface area contributed by atoms with Gasteiger partial charge in [0.15, 0.2) is 29.9 Å². The second kappa shape index (κ2) is 22.8. The maximum absolute atomic E-state index is 16.1. The van der Waals surface area contributed by atoms with Gasteiger partial charge in [0.25, 0.3) is 0 Å². The van der Waals surface area contributed by atoms with Gasteiger partial charge < -0.3 is 71.9 Å². The number of phenols is 1. The number of ketones is 2. The van der Waals surface area contributed by atoms with E-state index in [-0.39, 0.29) is 100 Å². The summed E-state index contributed by atoms with van der Waals surface area (Å²) in [5.41, 5.74) is 17.4. The van der Waals surface area contributed by atoms with Crippen LogP contribution in [0.1, 0.15) is 170 Å². The first-order chi connectivity index (χ1) is 38.7. The molecule has 4 bridgehead atoms. The third-order valence-electron chi connectivity index (χ3n) is 17.5. The highest BCUT2D eigenvalue weighted by atomic mass is 16.7. The lowest BCUT2D eigenvalue weighted by atomic mass is 9.56. The number of hydrogen-bond acceptors (Lipinski definition) is 17. The van der Waals surface area contributed by atoms with E-state index in [0.29, 0.717) is 35.8 Å². The van der Waals surface area contributed by atoms with E-state index in [0.717, 1.165) is 63.0 Å². The summed E-state index contributed by atoms with van der Waals surface area (Å²) in [5, 5.41) is 83.1. The van der Waals surface area contributed by atoms with Crippen molar-refractivity contribution in [2.24, 2.45) is 33.5 Å². The number of guanidine groups is 1. The molecule has 4 aromatic carbocycles. The van der Waals surface area contributed by atoms with Crippen LogP contribution in [0, 0.1) is 23.2 Å². The van der Waals surface area contributed by atoms with E-state index in [4.69, 9.17) is 36.1 Å². The minimum absolute atomic E-state index is 0.0425. The van der Waals surface area contributed by atoms with Gasteiger partial charge in [-0.2, -0.15) is 0 Å². The summed E-state index contributed by atoms with van der Waals surface area (Å²) in [6, 6.07) is 11.2. The molecule has 1 aliphatic heterocycles. The summed E-state index contributed by atoms with van der Waals surface area (Å²) in [7, 11) is 0. The zero-order chi connectivity index (χ0) is 57.7. The van der Waals surface area contributed by atoms with Gasteiger partial charge in [0.1, 0.15) is 23.4 Å². The van der Waals surface area contributed by atoms with Crippen molar-refractivity contribution in [3.8, 4) is 29.1 Å². The zero-order valence-electron chi connectivity index (χ0n) is 45.4. The predicted octanol–water partition coefficient (Wildman–Crippen LogP) is 4.05. The predicted molar refractivity (Wildman–Crippen MR) is 296 cm³/mol. The van der Waals surface area contributed by atoms with Crippen LogP contribution in [-0.4, -0.2) is 121 Å². The lowest BCUT2D eigenvalue weighted by Gasteiger charge is -2.52. The third kappa shape index (κ3) is 10.8. The number of aliphatic hydroxyl groups is 6. The van der Waals surface area contributed by atoms with Crippen molar-refractivity contribution in [2.45, 2.75) is 158 Å². The van der Waals surface area contributed by atoms with Gasteiger partial charge in [0.05, 0.1) is 49.2 Å². The Kier molecular flexibility index (Phi) is 16.2. The Balaban J connectivity index is 1.24. The monoisotopic (exact) mass is 1110 g/mol. The van der Waals surface area contributed by atoms with Gasteiger partial charge in [-0.05, 0) is 128 Å². The fraction of sp³-hybridized carbons (Fsp3) is 0.468. The normalized spacial score (nSPS) is 26.7. The third-order valence-corrected chi connectivity index (χ3v) is 17.5. The van der Waals surface area contributed by atoms with E-state index >= 15 is 9.59 Å². The number of hydrogen-bond donors (Lipinski definition) is 10. The number of aryl methyl sites for hydroxylation is 1. The number of phenolic OH excluding ortho intramolecular Hbond substituents is 1. The molecular formula is C62H70N4O15. The first-order valence-corrected chi connectivity index (χ1v) is 27.8. The fourth-order valence-corrected chi connectivity index (χ4v) is 13.7. The number of ether oxygens (including phenoxy) is 4. The lowest BCUT2D eigenvalue weighted by molar-refractivity contribution is -0.378. The zero-order valence-corrected chi connectivity index (χ0v) is 45.4. The largest absolute Gasteiger partial charge is 0.507 e. The molecule has 1 saturated heterocycles. The second-order valence-corrected chi connectivity index (χ2v) is 22.8. The minimum Gasteiger partial charge on any atom is -0.507 e.